The largest absolute Gasteiger partial charge is 0.484 e. The highest BCUT2D eigenvalue weighted by Gasteiger charge is 2.37. The topological polar surface area (TPSA) is 55.6 Å². The van der Waals surface area contributed by atoms with Crippen LogP contribution < -0.4 is 10.5 Å². The molecule has 2 unspecified atom stereocenters. The van der Waals surface area contributed by atoms with Crippen molar-refractivity contribution in [2.75, 3.05) is 25.4 Å². The Hall–Kier alpha value is -1.71. The Balaban J connectivity index is 1.52. The summed E-state index contributed by atoms with van der Waals surface area (Å²) in [5, 5.41) is 0. The van der Waals surface area contributed by atoms with E-state index in [-0.39, 0.29) is 12.5 Å². The van der Waals surface area contributed by atoms with E-state index in [2.05, 4.69) is 0 Å². The maximum atomic E-state index is 12.1. The first-order valence-corrected chi connectivity index (χ1v) is 6.98. The second-order valence-corrected chi connectivity index (χ2v) is 5.61. The first kappa shape index (κ1) is 12.3. The maximum absolute atomic E-state index is 12.1. The number of fused-ring (bicyclic) bond motifs is 1. The van der Waals surface area contributed by atoms with Crippen molar-refractivity contribution in [3.05, 3.63) is 24.3 Å². The van der Waals surface area contributed by atoms with E-state index < -0.39 is 0 Å². The molecule has 2 aliphatic rings. The lowest BCUT2D eigenvalue weighted by molar-refractivity contribution is -0.132. The van der Waals surface area contributed by atoms with Crippen molar-refractivity contribution < 1.29 is 9.53 Å². The fourth-order valence-corrected chi connectivity index (χ4v) is 3.28. The van der Waals surface area contributed by atoms with Crippen LogP contribution in [0.5, 0.6) is 5.75 Å². The number of nitrogen functional groups attached to an aromatic ring is 1. The molecule has 2 fully saturated rings. The molecule has 1 amide bonds. The molecule has 0 bridgehead atoms. The van der Waals surface area contributed by atoms with Crippen LogP contribution in [0.1, 0.15) is 19.3 Å². The summed E-state index contributed by atoms with van der Waals surface area (Å²) in [5.41, 5.74) is 6.33. The number of hydrogen-bond acceptors (Lipinski definition) is 3. The first-order valence-electron chi connectivity index (χ1n) is 6.98. The molecule has 19 heavy (non-hydrogen) atoms. The van der Waals surface area contributed by atoms with Gasteiger partial charge in [-0.25, -0.2) is 0 Å². The van der Waals surface area contributed by atoms with Crippen molar-refractivity contribution in [1.29, 1.82) is 0 Å². The molecule has 1 saturated heterocycles. The molecule has 1 aliphatic carbocycles. The van der Waals surface area contributed by atoms with Crippen LogP contribution in [0, 0.1) is 11.8 Å². The number of nitrogens with two attached hydrogens (primary N) is 1. The number of rotatable bonds is 3. The molecule has 4 heteroatoms. The van der Waals surface area contributed by atoms with Crippen molar-refractivity contribution in [3.63, 3.8) is 0 Å². The highest BCUT2D eigenvalue weighted by Crippen LogP contribution is 2.37. The van der Waals surface area contributed by atoms with Crippen molar-refractivity contribution >= 4 is 11.6 Å². The van der Waals surface area contributed by atoms with Crippen LogP contribution in [0.3, 0.4) is 0 Å². The van der Waals surface area contributed by atoms with E-state index in [0.717, 1.165) is 24.9 Å². The lowest BCUT2D eigenvalue weighted by atomic mass is 10.0. The first-order chi connectivity index (χ1) is 9.22. The van der Waals surface area contributed by atoms with Gasteiger partial charge >= 0.3 is 0 Å². The molecule has 1 aromatic carbocycles. The Morgan fingerprint density at radius 3 is 2.74 bits per heavy atom. The summed E-state index contributed by atoms with van der Waals surface area (Å²) in [6.45, 7) is 1.95. The van der Waals surface area contributed by atoms with Gasteiger partial charge in [0.2, 0.25) is 0 Å². The third-order valence-corrected chi connectivity index (χ3v) is 4.30. The van der Waals surface area contributed by atoms with Crippen LogP contribution in [0.25, 0.3) is 0 Å². The summed E-state index contributed by atoms with van der Waals surface area (Å²) >= 11 is 0. The highest BCUT2D eigenvalue weighted by molar-refractivity contribution is 5.78. The standard InChI is InChI=1S/C15H20N2O2/c16-13-5-2-6-14(7-13)19-10-15(18)17-8-11-3-1-4-12(11)9-17/h2,5-7,11-12H,1,3-4,8-10,16H2. The Morgan fingerprint density at radius 1 is 1.32 bits per heavy atom. The maximum Gasteiger partial charge on any atom is 0.260 e. The summed E-state index contributed by atoms with van der Waals surface area (Å²) in [6.07, 6.45) is 3.90. The third-order valence-electron chi connectivity index (χ3n) is 4.30. The molecule has 4 nitrogen and oxygen atoms in total. The summed E-state index contributed by atoms with van der Waals surface area (Å²) in [5.74, 6) is 2.22. The quantitative estimate of drug-likeness (QED) is 0.845. The van der Waals surface area contributed by atoms with Crippen LogP contribution in [0.4, 0.5) is 5.69 Å². The molecular formula is C15H20N2O2. The predicted octanol–water partition coefficient (Wildman–Crippen LogP) is 1.91. The number of amides is 1. The summed E-state index contributed by atoms with van der Waals surface area (Å²) in [6, 6.07) is 7.19. The van der Waals surface area contributed by atoms with Crippen LogP contribution in [-0.4, -0.2) is 30.5 Å². The number of ether oxygens (including phenoxy) is 1. The summed E-state index contributed by atoms with van der Waals surface area (Å²) in [4.78, 5) is 14.1. The Kier molecular flexibility index (Phi) is 3.32. The van der Waals surface area contributed by atoms with Gasteiger partial charge in [0.25, 0.3) is 5.91 Å². The zero-order valence-electron chi connectivity index (χ0n) is 11.0. The number of anilines is 1. The zero-order chi connectivity index (χ0) is 13.2. The molecule has 0 aromatic heterocycles. The Morgan fingerprint density at radius 2 is 2.05 bits per heavy atom. The summed E-state index contributed by atoms with van der Waals surface area (Å²) < 4.78 is 5.51. The van der Waals surface area contributed by atoms with Crippen LogP contribution >= 0.6 is 0 Å². The van der Waals surface area contributed by atoms with Crippen LogP contribution in [-0.2, 0) is 4.79 Å². The fraction of sp³-hybridized carbons (Fsp3) is 0.533. The normalized spacial score (nSPS) is 25.4. The van der Waals surface area contributed by atoms with Gasteiger partial charge in [-0.15, -0.1) is 0 Å². The van der Waals surface area contributed by atoms with E-state index in [1.165, 1.54) is 19.3 Å². The minimum absolute atomic E-state index is 0.0943. The number of likely N-dealkylation sites (tertiary alicyclic amines) is 1. The monoisotopic (exact) mass is 260 g/mol. The Bertz CT molecular complexity index is 463. The zero-order valence-corrected chi connectivity index (χ0v) is 11.0. The van der Waals surface area contributed by atoms with Crippen molar-refractivity contribution in [1.82, 2.24) is 4.90 Å². The van der Waals surface area contributed by atoms with Crippen LogP contribution in [0.15, 0.2) is 24.3 Å². The van der Waals surface area contributed by atoms with E-state index in [1.807, 2.05) is 17.0 Å². The fourth-order valence-electron chi connectivity index (χ4n) is 3.28. The lowest BCUT2D eigenvalue weighted by Crippen LogP contribution is -2.33. The van der Waals surface area contributed by atoms with Gasteiger partial charge in [0.05, 0.1) is 0 Å². The number of carbonyl (C=O) groups excluding carboxylic acids is 1. The molecule has 1 heterocycles. The predicted molar refractivity (Wildman–Crippen MR) is 73.8 cm³/mol. The van der Waals surface area contributed by atoms with Gasteiger partial charge in [0.15, 0.2) is 6.61 Å². The molecule has 2 N–H and O–H groups in total. The van der Waals surface area contributed by atoms with E-state index in [0.29, 0.717) is 11.4 Å². The molecular weight excluding hydrogens is 240 g/mol. The second kappa shape index (κ2) is 5.11. The third kappa shape index (κ3) is 2.67. The molecule has 102 valence electrons. The lowest BCUT2D eigenvalue weighted by Gasteiger charge is -2.17. The van der Waals surface area contributed by atoms with Gasteiger partial charge in [-0.2, -0.15) is 0 Å². The average molecular weight is 260 g/mol. The minimum atomic E-state index is 0.0943. The van der Waals surface area contributed by atoms with Gasteiger partial charge in [0, 0.05) is 24.8 Å². The number of nitrogens with zero attached hydrogens (tertiary/aromatic N) is 1. The molecule has 1 aromatic rings. The van der Waals surface area contributed by atoms with Crippen molar-refractivity contribution in [2.24, 2.45) is 11.8 Å². The van der Waals surface area contributed by atoms with Gasteiger partial charge in [0.1, 0.15) is 5.75 Å². The van der Waals surface area contributed by atoms with E-state index >= 15 is 0 Å². The van der Waals surface area contributed by atoms with Gasteiger partial charge in [-0.1, -0.05) is 12.5 Å². The number of hydrogen-bond donors (Lipinski definition) is 1. The second-order valence-electron chi connectivity index (χ2n) is 5.61. The number of benzene rings is 1. The Labute approximate surface area is 113 Å². The molecule has 0 radical (unpaired) electrons. The summed E-state index contributed by atoms with van der Waals surface area (Å²) in [7, 11) is 0. The van der Waals surface area contributed by atoms with Gasteiger partial charge in [-0.3, -0.25) is 4.79 Å². The van der Waals surface area contributed by atoms with E-state index in [4.69, 9.17) is 10.5 Å². The molecule has 2 atom stereocenters. The molecule has 1 saturated carbocycles. The van der Waals surface area contributed by atoms with Gasteiger partial charge in [-0.05, 0) is 36.8 Å². The van der Waals surface area contributed by atoms with E-state index in [1.54, 1.807) is 12.1 Å². The number of carbonyl (C=O) groups is 1. The van der Waals surface area contributed by atoms with Crippen LogP contribution in [0.2, 0.25) is 0 Å². The molecule has 3 rings (SSSR count). The van der Waals surface area contributed by atoms with Crippen molar-refractivity contribution in [2.45, 2.75) is 19.3 Å². The van der Waals surface area contributed by atoms with Gasteiger partial charge < -0.3 is 15.4 Å². The minimum Gasteiger partial charge on any atom is -0.484 e. The SMILES string of the molecule is Nc1cccc(OCC(=O)N2CC3CCCC3C2)c1. The molecule has 0 spiro atoms. The van der Waals surface area contributed by atoms with Crippen molar-refractivity contribution in [3.8, 4) is 5.75 Å². The van der Waals surface area contributed by atoms with E-state index in [9.17, 15) is 4.79 Å². The smallest absolute Gasteiger partial charge is 0.260 e. The average Bonchev–Trinajstić information content (AvgIpc) is 2.96. The highest BCUT2D eigenvalue weighted by atomic mass is 16.5. The molecule has 1 aliphatic heterocycles.